The molecular formula is C10H12O2S. The third kappa shape index (κ3) is 5.20. The van der Waals surface area contributed by atoms with E-state index in [-0.39, 0.29) is 18.0 Å². The Morgan fingerprint density at radius 1 is 1.38 bits per heavy atom. The first-order valence-electron chi connectivity index (χ1n) is 3.82. The Morgan fingerprint density at radius 3 is 2.31 bits per heavy atom. The lowest BCUT2D eigenvalue weighted by Gasteiger charge is -1.97. The van der Waals surface area contributed by atoms with Crippen LogP contribution in [0.2, 0.25) is 0 Å². The molecule has 0 atom stereocenters. The van der Waals surface area contributed by atoms with Gasteiger partial charge in [-0.2, -0.15) is 0 Å². The molecule has 2 nitrogen and oxygen atoms in total. The van der Waals surface area contributed by atoms with Crippen LogP contribution in [0.15, 0.2) is 23.8 Å². The fraction of sp³-hybridized carbons (Fsp3) is 0.300. The van der Waals surface area contributed by atoms with Gasteiger partial charge in [0.1, 0.15) is 5.78 Å². The molecule has 0 saturated carbocycles. The maximum Gasteiger partial charge on any atom is 0.169 e. The SMILES string of the molecule is C=C(/C=C(/C)C=S)C(=O)CC(C)=O. The monoisotopic (exact) mass is 196 g/mol. The van der Waals surface area contributed by atoms with Crippen molar-refractivity contribution in [1.82, 2.24) is 0 Å². The molecule has 0 aromatic rings. The van der Waals surface area contributed by atoms with Crippen molar-refractivity contribution in [2.45, 2.75) is 20.3 Å². The van der Waals surface area contributed by atoms with Crippen molar-refractivity contribution >= 4 is 29.2 Å². The van der Waals surface area contributed by atoms with Crippen LogP contribution in [0.4, 0.5) is 0 Å². The maximum atomic E-state index is 11.2. The van der Waals surface area contributed by atoms with E-state index in [1.54, 1.807) is 13.0 Å². The minimum absolute atomic E-state index is 0.0833. The highest BCUT2D eigenvalue weighted by atomic mass is 32.1. The lowest BCUT2D eigenvalue weighted by Crippen LogP contribution is -2.05. The van der Waals surface area contributed by atoms with Crippen molar-refractivity contribution < 1.29 is 9.59 Å². The predicted molar refractivity (Wildman–Crippen MR) is 56.9 cm³/mol. The largest absolute Gasteiger partial charge is 0.300 e. The van der Waals surface area contributed by atoms with E-state index in [1.165, 1.54) is 12.3 Å². The number of ketones is 2. The number of thiocarbonyl (C=S) groups is 1. The molecule has 0 bridgehead atoms. The summed E-state index contributed by atoms with van der Waals surface area (Å²) in [6.45, 7) is 6.70. The fourth-order valence-corrected chi connectivity index (χ4v) is 0.797. The average Bonchev–Trinajstić information content (AvgIpc) is 2.02. The van der Waals surface area contributed by atoms with Crippen LogP contribution >= 0.6 is 12.2 Å². The number of hydrogen-bond acceptors (Lipinski definition) is 3. The van der Waals surface area contributed by atoms with Crippen LogP contribution in [0.25, 0.3) is 0 Å². The van der Waals surface area contributed by atoms with Crippen LogP contribution in [0.3, 0.4) is 0 Å². The highest BCUT2D eigenvalue weighted by Crippen LogP contribution is 2.03. The zero-order valence-corrected chi connectivity index (χ0v) is 8.61. The van der Waals surface area contributed by atoms with Gasteiger partial charge in [-0.3, -0.25) is 9.59 Å². The molecule has 70 valence electrons. The average molecular weight is 196 g/mol. The fourth-order valence-electron chi connectivity index (χ4n) is 0.729. The van der Waals surface area contributed by atoms with Gasteiger partial charge in [-0.25, -0.2) is 0 Å². The number of allylic oxidation sites excluding steroid dienone is 3. The lowest BCUT2D eigenvalue weighted by atomic mass is 10.1. The molecule has 0 unspecified atom stereocenters. The van der Waals surface area contributed by atoms with Crippen molar-refractivity contribution in [3.63, 3.8) is 0 Å². The Morgan fingerprint density at radius 2 is 1.92 bits per heavy atom. The molecule has 0 radical (unpaired) electrons. The van der Waals surface area contributed by atoms with E-state index >= 15 is 0 Å². The molecule has 0 rings (SSSR count). The summed E-state index contributed by atoms with van der Waals surface area (Å²) < 4.78 is 0. The summed E-state index contributed by atoms with van der Waals surface area (Å²) in [4.78, 5) is 21.8. The summed E-state index contributed by atoms with van der Waals surface area (Å²) in [5.41, 5.74) is 1.12. The Balaban J connectivity index is 4.36. The van der Waals surface area contributed by atoms with Gasteiger partial charge in [0.2, 0.25) is 0 Å². The van der Waals surface area contributed by atoms with E-state index in [2.05, 4.69) is 18.8 Å². The Labute approximate surface area is 83.3 Å². The van der Waals surface area contributed by atoms with Gasteiger partial charge in [0.05, 0.1) is 6.42 Å². The summed E-state index contributed by atoms with van der Waals surface area (Å²) >= 11 is 4.65. The molecule has 0 N–H and O–H groups in total. The number of Topliss-reactive ketones (excluding diaryl/α,β-unsaturated/α-hetero) is 2. The van der Waals surface area contributed by atoms with Gasteiger partial charge in [-0.05, 0) is 25.5 Å². The van der Waals surface area contributed by atoms with Gasteiger partial charge >= 0.3 is 0 Å². The molecule has 0 aliphatic rings. The predicted octanol–water partition coefficient (Wildman–Crippen LogP) is 2.04. The Kier molecular flexibility index (Phi) is 5.07. The summed E-state index contributed by atoms with van der Waals surface area (Å²) in [5, 5.41) is 1.46. The van der Waals surface area contributed by atoms with Crippen LogP contribution < -0.4 is 0 Å². The molecule has 0 amide bonds. The normalized spacial score (nSPS) is 10.8. The number of carbonyl (C=O) groups excluding carboxylic acids is 2. The molecule has 13 heavy (non-hydrogen) atoms. The first-order valence-corrected chi connectivity index (χ1v) is 4.29. The van der Waals surface area contributed by atoms with Crippen molar-refractivity contribution in [3.8, 4) is 0 Å². The lowest BCUT2D eigenvalue weighted by molar-refractivity contribution is -0.123. The number of carbonyl (C=O) groups is 2. The van der Waals surface area contributed by atoms with E-state index in [0.29, 0.717) is 5.57 Å². The van der Waals surface area contributed by atoms with Crippen molar-refractivity contribution in [2.24, 2.45) is 0 Å². The minimum atomic E-state index is -0.247. The molecule has 0 fully saturated rings. The van der Waals surface area contributed by atoms with Crippen LogP contribution in [0.1, 0.15) is 20.3 Å². The molecule has 0 aliphatic carbocycles. The van der Waals surface area contributed by atoms with Crippen molar-refractivity contribution in [1.29, 1.82) is 0 Å². The van der Waals surface area contributed by atoms with Crippen LogP contribution in [0, 0.1) is 0 Å². The van der Waals surface area contributed by atoms with Crippen molar-refractivity contribution in [2.75, 3.05) is 0 Å². The highest BCUT2D eigenvalue weighted by molar-refractivity contribution is 7.79. The molecule has 0 heterocycles. The zero-order chi connectivity index (χ0) is 10.4. The second-order valence-corrected chi connectivity index (χ2v) is 3.07. The molecule has 0 aromatic carbocycles. The standard InChI is InChI=1S/C10H12O2S/c1-7(6-13)4-8(2)10(12)5-9(3)11/h4,6H,2,5H2,1,3H3/b7-4-. The Bertz CT molecular complexity index is 287. The second kappa shape index (κ2) is 5.54. The minimum Gasteiger partial charge on any atom is -0.300 e. The third-order valence-corrected chi connectivity index (χ3v) is 1.73. The van der Waals surface area contributed by atoms with Gasteiger partial charge in [-0.15, -0.1) is 0 Å². The van der Waals surface area contributed by atoms with E-state index in [1.807, 2.05) is 0 Å². The van der Waals surface area contributed by atoms with Crippen molar-refractivity contribution in [3.05, 3.63) is 23.8 Å². The zero-order valence-electron chi connectivity index (χ0n) is 7.79. The van der Waals surface area contributed by atoms with Gasteiger partial charge in [0.25, 0.3) is 0 Å². The molecule has 0 spiro atoms. The summed E-state index contributed by atoms with van der Waals surface area (Å²) in [6.07, 6.45) is 1.50. The second-order valence-electron chi connectivity index (χ2n) is 2.83. The number of hydrogen-bond donors (Lipinski definition) is 0. The van der Waals surface area contributed by atoms with Gasteiger partial charge in [0, 0.05) is 10.9 Å². The van der Waals surface area contributed by atoms with Crippen LogP contribution in [-0.2, 0) is 9.59 Å². The molecular weight excluding hydrogens is 184 g/mol. The quantitative estimate of drug-likeness (QED) is 0.292. The molecule has 3 heteroatoms. The highest BCUT2D eigenvalue weighted by Gasteiger charge is 2.07. The van der Waals surface area contributed by atoms with Gasteiger partial charge in [-0.1, -0.05) is 18.8 Å². The van der Waals surface area contributed by atoms with E-state index in [0.717, 1.165) is 5.57 Å². The summed E-state index contributed by atoms with van der Waals surface area (Å²) in [6, 6.07) is 0. The Hall–Kier alpha value is -1.09. The molecule has 0 aromatic heterocycles. The van der Waals surface area contributed by atoms with E-state index in [9.17, 15) is 9.59 Å². The summed E-state index contributed by atoms with van der Waals surface area (Å²) in [7, 11) is 0. The van der Waals surface area contributed by atoms with E-state index < -0.39 is 0 Å². The smallest absolute Gasteiger partial charge is 0.169 e. The van der Waals surface area contributed by atoms with Crippen LogP contribution in [-0.4, -0.2) is 16.9 Å². The number of rotatable bonds is 5. The van der Waals surface area contributed by atoms with Gasteiger partial charge < -0.3 is 0 Å². The summed E-state index contributed by atoms with van der Waals surface area (Å²) in [5.74, 6) is -0.400. The third-order valence-electron chi connectivity index (χ3n) is 1.36. The van der Waals surface area contributed by atoms with Crippen LogP contribution in [0.5, 0.6) is 0 Å². The van der Waals surface area contributed by atoms with Gasteiger partial charge in [0.15, 0.2) is 5.78 Å². The maximum absolute atomic E-state index is 11.2. The first kappa shape index (κ1) is 11.9. The van der Waals surface area contributed by atoms with E-state index in [4.69, 9.17) is 0 Å². The molecule has 0 aliphatic heterocycles. The topological polar surface area (TPSA) is 34.1 Å². The first-order chi connectivity index (χ1) is 5.97. The molecule has 0 saturated heterocycles.